The highest BCUT2D eigenvalue weighted by Gasteiger charge is 2.47. The van der Waals surface area contributed by atoms with Gasteiger partial charge in [0.15, 0.2) is 0 Å². The molecule has 6 nitrogen and oxygen atoms in total. The zero-order chi connectivity index (χ0) is 14.3. The first-order chi connectivity index (χ1) is 9.52. The molecule has 0 saturated carbocycles. The van der Waals surface area contributed by atoms with Gasteiger partial charge < -0.3 is 15.3 Å². The van der Waals surface area contributed by atoms with Crippen LogP contribution in [0.25, 0.3) is 0 Å². The molecule has 3 aliphatic heterocycles. The fourth-order valence-corrected chi connectivity index (χ4v) is 4.00. The van der Waals surface area contributed by atoms with Crippen LogP contribution in [0.15, 0.2) is 0 Å². The van der Waals surface area contributed by atoms with Crippen molar-refractivity contribution in [3.05, 3.63) is 0 Å². The van der Waals surface area contributed by atoms with Crippen LogP contribution in [0.2, 0.25) is 0 Å². The molecule has 0 radical (unpaired) electrons. The van der Waals surface area contributed by atoms with Gasteiger partial charge in [0.25, 0.3) is 0 Å². The number of carbonyl (C=O) groups is 2. The van der Waals surface area contributed by atoms with Crippen molar-refractivity contribution in [2.45, 2.75) is 56.7 Å². The summed E-state index contributed by atoms with van der Waals surface area (Å²) in [6.07, 6.45) is 4.62. The van der Waals surface area contributed by atoms with Gasteiger partial charge in [-0.05, 0) is 45.6 Å². The number of likely N-dealkylation sites (tertiary alicyclic amines) is 1. The van der Waals surface area contributed by atoms with Crippen LogP contribution in [0.4, 0.5) is 4.79 Å². The highest BCUT2D eigenvalue weighted by atomic mass is 16.4. The minimum Gasteiger partial charge on any atom is -0.480 e. The number of hydrogen-bond acceptors (Lipinski definition) is 3. The Morgan fingerprint density at radius 1 is 1.20 bits per heavy atom. The molecule has 3 heterocycles. The second-order valence-electron chi connectivity index (χ2n) is 6.42. The van der Waals surface area contributed by atoms with Crippen molar-refractivity contribution in [2.75, 3.05) is 19.6 Å². The Bertz CT molecular complexity index is 428. The lowest BCUT2D eigenvalue weighted by Crippen LogP contribution is -2.56. The third-order valence-electron chi connectivity index (χ3n) is 5.26. The van der Waals surface area contributed by atoms with E-state index in [1.54, 1.807) is 6.92 Å². The second kappa shape index (κ2) is 4.91. The first kappa shape index (κ1) is 13.7. The van der Waals surface area contributed by atoms with Crippen molar-refractivity contribution in [3.63, 3.8) is 0 Å². The molecule has 3 rings (SSSR count). The lowest BCUT2D eigenvalue weighted by molar-refractivity contribution is -0.147. The van der Waals surface area contributed by atoms with E-state index >= 15 is 0 Å². The fraction of sp³-hybridized carbons (Fsp3) is 0.857. The number of hydrogen-bond donors (Lipinski definition) is 2. The second-order valence-corrected chi connectivity index (χ2v) is 6.42. The van der Waals surface area contributed by atoms with E-state index in [0.29, 0.717) is 19.0 Å². The number of urea groups is 1. The lowest BCUT2D eigenvalue weighted by atomic mass is 9.99. The Balaban J connectivity index is 1.66. The topological polar surface area (TPSA) is 72.9 Å². The van der Waals surface area contributed by atoms with Crippen molar-refractivity contribution >= 4 is 12.0 Å². The maximum absolute atomic E-state index is 12.4. The Morgan fingerprint density at radius 3 is 2.75 bits per heavy atom. The van der Waals surface area contributed by atoms with E-state index in [1.165, 1.54) is 11.3 Å². The van der Waals surface area contributed by atoms with Gasteiger partial charge in [-0.15, -0.1) is 0 Å². The molecule has 6 heteroatoms. The molecule has 2 amide bonds. The summed E-state index contributed by atoms with van der Waals surface area (Å²) in [7, 11) is 0. The van der Waals surface area contributed by atoms with Crippen molar-refractivity contribution in [1.29, 1.82) is 0 Å². The molecule has 3 aliphatic rings. The normalized spacial score (nSPS) is 37.1. The standard InChI is InChI=1S/C14H23N3O3/c1-14(12(18)19)6-3-8-17(14)13(20)15-10-5-9-16-7-2-4-11(10)16/h10-11H,2-9H2,1H3,(H,15,20)(H,18,19). The van der Waals surface area contributed by atoms with Gasteiger partial charge in [-0.3, -0.25) is 4.90 Å². The predicted octanol–water partition coefficient (Wildman–Crippen LogP) is 0.872. The molecule has 20 heavy (non-hydrogen) atoms. The van der Waals surface area contributed by atoms with E-state index < -0.39 is 11.5 Å². The van der Waals surface area contributed by atoms with Crippen molar-refractivity contribution in [1.82, 2.24) is 15.1 Å². The summed E-state index contributed by atoms with van der Waals surface area (Å²) in [6.45, 7) is 4.37. The number of fused-ring (bicyclic) bond motifs is 1. The van der Waals surface area contributed by atoms with E-state index in [2.05, 4.69) is 10.2 Å². The maximum atomic E-state index is 12.4. The Labute approximate surface area is 119 Å². The van der Waals surface area contributed by atoms with E-state index in [4.69, 9.17) is 0 Å². The molecular formula is C14H23N3O3. The summed E-state index contributed by atoms with van der Waals surface area (Å²) in [4.78, 5) is 27.8. The van der Waals surface area contributed by atoms with Crippen LogP contribution in [0.5, 0.6) is 0 Å². The Hall–Kier alpha value is -1.30. The van der Waals surface area contributed by atoms with Crippen LogP contribution in [0, 0.1) is 0 Å². The number of amides is 2. The summed E-state index contributed by atoms with van der Waals surface area (Å²) < 4.78 is 0. The van der Waals surface area contributed by atoms with E-state index in [0.717, 1.165) is 32.4 Å². The third kappa shape index (κ3) is 2.06. The number of carboxylic acids is 1. The molecular weight excluding hydrogens is 258 g/mol. The highest BCUT2D eigenvalue weighted by molar-refractivity contribution is 5.86. The molecule has 3 saturated heterocycles. The molecule has 3 fully saturated rings. The third-order valence-corrected chi connectivity index (χ3v) is 5.26. The van der Waals surface area contributed by atoms with Gasteiger partial charge in [0.1, 0.15) is 5.54 Å². The van der Waals surface area contributed by atoms with E-state index in [1.807, 2.05) is 0 Å². The molecule has 0 aliphatic carbocycles. The predicted molar refractivity (Wildman–Crippen MR) is 73.5 cm³/mol. The zero-order valence-corrected chi connectivity index (χ0v) is 12.0. The van der Waals surface area contributed by atoms with Crippen LogP contribution in [0.1, 0.15) is 39.0 Å². The molecule has 0 spiro atoms. The van der Waals surface area contributed by atoms with Crippen LogP contribution < -0.4 is 5.32 Å². The van der Waals surface area contributed by atoms with Crippen molar-refractivity contribution in [2.24, 2.45) is 0 Å². The fourth-order valence-electron chi connectivity index (χ4n) is 4.00. The number of carboxylic acid groups (broad SMARTS) is 1. The summed E-state index contributed by atoms with van der Waals surface area (Å²) >= 11 is 0. The monoisotopic (exact) mass is 281 g/mol. The summed E-state index contributed by atoms with van der Waals surface area (Å²) in [6, 6.07) is 0.437. The quantitative estimate of drug-likeness (QED) is 0.788. The van der Waals surface area contributed by atoms with Gasteiger partial charge in [-0.2, -0.15) is 0 Å². The smallest absolute Gasteiger partial charge is 0.329 e. The maximum Gasteiger partial charge on any atom is 0.329 e. The number of rotatable bonds is 2. The van der Waals surface area contributed by atoms with Gasteiger partial charge in [0.05, 0.1) is 0 Å². The molecule has 3 unspecified atom stereocenters. The van der Waals surface area contributed by atoms with Gasteiger partial charge in [-0.25, -0.2) is 9.59 Å². The van der Waals surface area contributed by atoms with Crippen LogP contribution >= 0.6 is 0 Å². The van der Waals surface area contributed by atoms with Crippen molar-refractivity contribution in [3.8, 4) is 0 Å². The van der Waals surface area contributed by atoms with Crippen molar-refractivity contribution < 1.29 is 14.7 Å². The molecule has 0 aromatic carbocycles. The Kier molecular flexibility index (Phi) is 3.36. The largest absolute Gasteiger partial charge is 0.480 e. The van der Waals surface area contributed by atoms with Crippen LogP contribution in [0.3, 0.4) is 0 Å². The van der Waals surface area contributed by atoms with Gasteiger partial charge in [-0.1, -0.05) is 0 Å². The Morgan fingerprint density at radius 2 is 2.00 bits per heavy atom. The first-order valence-corrected chi connectivity index (χ1v) is 7.58. The van der Waals surface area contributed by atoms with Crippen LogP contribution in [-0.4, -0.2) is 64.2 Å². The SMILES string of the molecule is CC1(C(=O)O)CCCN1C(=O)NC1CCN2CCCC12. The molecule has 0 aromatic heterocycles. The summed E-state index contributed by atoms with van der Waals surface area (Å²) in [5, 5.41) is 12.5. The molecule has 0 bridgehead atoms. The van der Waals surface area contributed by atoms with Gasteiger partial charge in [0, 0.05) is 25.2 Å². The van der Waals surface area contributed by atoms with Gasteiger partial charge >= 0.3 is 12.0 Å². The first-order valence-electron chi connectivity index (χ1n) is 7.58. The summed E-state index contributed by atoms with van der Waals surface area (Å²) in [5.74, 6) is -0.904. The molecule has 0 aromatic rings. The minimum absolute atomic E-state index is 0.184. The zero-order valence-electron chi connectivity index (χ0n) is 12.0. The average molecular weight is 281 g/mol. The van der Waals surface area contributed by atoms with Crippen LogP contribution in [-0.2, 0) is 4.79 Å². The highest BCUT2D eigenvalue weighted by Crippen LogP contribution is 2.31. The number of nitrogens with zero attached hydrogens (tertiary/aromatic N) is 2. The average Bonchev–Trinajstić information content (AvgIpc) is 3.06. The summed E-state index contributed by atoms with van der Waals surface area (Å²) in [5.41, 5.74) is -1.04. The van der Waals surface area contributed by atoms with E-state index in [-0.39, 0.29) is 12.1 Å². The van der Waals surface area contributed by atoms with E-state index in [9.17, 15) is 14.7 Å². The molecule has 2 N–H and O–H groups in total. The number of nitrogens with one attached hydrogen (secondary N) is 1. The number of carbonyl (C=O) groups excluding carboxylic acids is 1. The van der Waals surface area contributed by atoms with Gasteiger partial charge in [0.2, 0.25) is 0 Å². The lowest BCUT2D eigenvalue weighted by Gasteiger charge is -2.33. The molecule has 3 atom stereocenters. The minimum atomic E-state index is -1.04. The molecule has 112 valence electrons. The number of aliphatic carboxylic acids is 1.